The lowest BCUT2D eigenvalue weighted by Crippen LogP contribution is -2.40. The van der Waals surface area contributed by atoms with Crippen LogP contribution in [0.2, 0.25) is 0 Å². The molecule has 2 unspecified atom stereocenters. The van der Waals surface area contributed by atoms with Crippen LogP contribution >= 0.6 is 0 Å². The zero-order valence-electron chi connectivity index (χ0n) is 21.4. The Kier molecular flexibility index (Phi) is 6.42. The van der Waals surface area contributed by atoms with Crippen molar-refractivity contribution in [3.8, 4) is 34.7 Å². The third-order valence-electron chi connectivity index (χ3n) is 7.12. The van der Waals surface area contributed by atoms with E-state index in [1.165, 1.54) is 0 Å². The molecule has 1 saturated heterocycles. The molecular weight excluding hydrogens is 470 g/mol. The Morgan fingerprint density at radius 3 is 2.84 bits per heavy atom. The molecule has 0 N–H and O–H groups in total. The summed E-state index contributed by atoms with van der Waals surface area (Å²) in [6.45, 7) is 6.40. The van der Waals surface area contributed by atoms with E-state index in [9.17, 15) is 14.9 Å². The first-order valence-corrected chi connectivity index (χ1v) is 12.5. The molecule has 2 aliphatic rings. The van der Waals surface area contributed by atoms with Gasteiger partial charge in [0.15, 0.2) is 0 Å². The highest BCUT2D eigenvalue weighted by Gasteiger charge is 2.47. The maximum atomic E-state index is 12.8. The van der Waals surface area contributed by atoms with E-state index in [1.54, 1.807) is 35.0 Å². The second-order valence-electron chi connectivity index (χ2n) is 9.83. The van der Waals surface area contributed by atoms with Gasteiger partial charge in [0.2, 0.25) is 17.6 Å². The number of rotatable bonds is 7. The van der Waals surface area contributed by atoms with Gasteiger partial charge in [-0.15, -0.1) is 0 Å². The Morgan fingerprint density at radius 1 is 1.30 bits per heavy atom. The Labute approximate surface area is 215 Å². The predicted octanol–water partition coefficient (Wildman–Crippen LogP) is 3.99. The maximum absolute atomic E-state index is 12.8. The summed E-state index contributed by atoms with van der Waals surface area (Å²) in [5, 5.41) is 13.8. The molecule has 190 valence electrons. The van der Waals surface area contributed by atoms with Gasteiger partial charge in [-0.3, -0.25) is 9.59 Å². The average Bonchev–Trinajstić information content (AvgIpc) is 3.58. The number of ether oxygens (including phenoxy) is 1. The third-order valence-corrected chi connectivity index (χ3v) is 7.12. The van der Waals surface area contributed by atoms with Gasteiger partial charge < -0.3 is 19.1 Å². The van der Waals surface area contributed by atoms with Crippen LogP contribution in [0, 0.1) is 17.2 Å². The molecule has 2 amide bonds. The molecule has 9 heteroatoms. The van der Waals surface area contributed by atoms with E-state index < -0.39 is 0 Å². The molecule has 37 heavy (non-hydrogen) atoms. The number of benzene rings is 2. The molecule has 1 aliphatic heterocycles. The van der Waals surface area contributed by atoms with E-state index in [4.69, 9.17) is 9.26 Å². The van der Waals surface area contributed by atoms with Crippen molar-refractivity contribution in [2.24, 2.45) is 5.92 Å². The smallest absolute Gasteiger partial charge is 0.258 e. The molecule has 5 rings (SSSR count). The van der Waals surface area contributed by atoms with Crippen LogP contribution in [0.15, 0.2) is 40.9 Å². The molecule has 0 radical (unpaired) electrons. The minimum Gasteiger partial charge on any atom is -0.490 e. The van der Waals surface area contributed by atoms with Gasteiger partial charge in [0.1, 0.15) is 18.4 Å². The van der Waals surface area contributed by atoms with Crippen molar-refractivity contribution in [2.45, 2.75) is 45.8 Å². The molecule has 0 bridgehead atoms. The number of fused-ring (bicyclic) bond motifs is 3. The van der Waals surface area contributed by atoms with Crippen molar-refractivity contribution in [3.05, 3.63) is 53.1 Å². The van der Waals surface area contributed by atoms with Crippen molar-refractivity contribution in [1.29, 1.82) is 5.26 Å². The number of aromatic nitrogens is 2. The molecule has 9 nitrogen and oxygen atoms in total. The van der Waals surface area contributed by atoms with Crippen LogP contribution in [-0.2, 0) is 16.0 Å². The number of amides is 2. The second-order valence-corrected chi connectivity index (χ2v) is 9.83. The summed E-state index contributed by atoms with van der Waals surface area (Å²) in [5.74, 6) is 1.34. The predicted molar refractivity (Wildman–Crippen MR) is 135 cm³/mol. The van der Waals surface area contributed by atoms with E-state index in [1.807, 2.05) is 39.0 Å². The minimum absolute atomic E-state index is 0.0175. The molecule has 1 fully saturated rings. The third kappa shape index (κ3) is 4.44. The van der Waals surface area contributed by atoms with Crippen molar-refractivity contribution < 1.29 is 18.8 Å². The van der Waals surface area contributed by atoms with Crippen molar-refractivity contribution in [1.82, 2.24) is 19.9 Å². The van der Waals surface area contributed by atoms with Crippen LogP contribution in [0.4, 0.5) is 0 Å². The zero-order chi connectivity index (χ0) is 26.3. The van der Waals surface area contributed by atoms with E-state index in [-0.39, 0.29) is 36.4 Å². The summed E-state index contributed by atoms with van der Waals surface area (Å²) in [7, 11) is 1.75. The van der Waals surface area contributed by atoms with Gasteiger partial charge in [0, 0.05) is 31.1 Å². The van der Waals surface area contributed by atoms with Crippen LogP contribution in [0.3, 0.4) is 0 Å². The average molecular weight is 500 g/mol. The van der Waals surface area contributed by atoms with Gasteiger partial charge in [0.25, 0.3) is 5.89 Å². The molecule has 3 aromatic rings. The molecular formula is C28H29N5O4. The van der Waals surface area contributed by atoms with Crippen molar-refractivity contribution >= 4 is 11.8 Å². The van der Waals surface area contributed by atoms with Gasteiger partial charge >= 0.3 is 0 Å². The highest BCUT2D eigenvalue weighted by atomic mass is 16.5. The SMILES string of the molecule is CCN(C)C(=O)CN1C(=O)CC2Cc3c(-c4noc(-c5ccc(OC(C)C)c(C#N)c5)n4)cccc3C21. The van der Waals surface area contributed by atoms with Crippen LogP contribution in [0.5, 0.6) is 5.75 Å². The number of carbonyl (C=O) groups is 2. The fourth-order valence-corrected chi connectivity index (χ4v) is 5.24. The topological polar surface area (TPSA) is 113 Å². The van der Waals surface area contributed by atoms with Gasteiger partial charge in [-0.1, -0.05) is 23.4 Å². The number of hydrogen-bond acceptors (Lipinski definition) is 7. The Bertz CT molecular complexity index is 1410. The molecule has 0 spiro atoms. The quantitative estimate of drug-likeness (QED) is 0.483. The van der Waals surface area contributed by atoms with Crippen LogP contribution in [0.1, 0.15) is 49.9 Å². The Balaban J connectivity index is 1.44. The Hall–Kier alpha value is -4.19. The Morgan fingerprint density at radius 2 is 2.11 bits per heavy atom. The zero-order valence-corrected chi connectivity index (χ0v) is 21.4. The van der Waals surface area contributed by atoms with Gasteiger partial charge in [-0.2, -0.15) is 10.2 Å². The van der Waals surface area contributed by atoms with Crippen LogP contribution in [-0.4, -0.2) is 58.0 Å². The highest BCUT2D eigenvalue weighted by molar-refractivity contribution is 5.87. The fourth-order valence-electron chi connectivity index (χ4n) is 5.24. The van der Waals surface area contributed by atoms with Gasteiger partial charge in [-0.05, 0) is 62.4 Å². The van der Waals surface area contributed by atoms with Crippen LogP contribution in [0.25, 0.3) is 22.8 Å². The number of likely N-dealkylation sites (N-methyl/N-ethyl adjacent to an activating group) is 1. The summed E-state index contributed by atoms with van der Waals surface area (Å²) in [6.07, 6.45) is 1.07. The highest BCUT2D eigenvalue weighted by Crippen LogP contribution is 2.49. The number of likely N-dealkylation sites (tertiary alicyclic amines) is 1. The standard InChI is InChI=1S/C28H29N5O4/c1-5-32(4)25(35)15-33-24(34)13-18-12-22-20(26(18)33)7-6-8-21(22)27-30-28(37-31-27)17-9-10-23(36-16(2)3)19(11-17)14-29/h6-11,16,18,26H,5,12-13,15H2,1-4H3. The van der Waals surface area contributed by atoms with E-state index >= 15 is 0 Å². The molecule has 2 atom stereocenters. The molecule has 1 aliphatic carbocycles. The lowest BCUT2D eigenvalue weighted by atomic mass is 10.0. The monoisotopic (exact) mass is 499 g/mol. The first-order valence-electron chi connectivity index (χ1n) is 12.5. The summed E-state index contributed by atoms with van der Waals surface area (Å²) in [4.78, 5) is 33.4. The molecule has 2 aromatic carbocycles. The lowest BCUT2D eigenvalue weighted by Gasteiger charge is -2.27. The summed E-state index contributed by atoms with van der Waals surface area (Å²) in [6, 6.07) is 13.2. The van der Waals surface area contributed by atoms with Crippen molar-refractivity contribution in [3.63, 3.8) is 0 Å². The first kappa shape index (κ1) is 24.5. The van der Waals surface area contributed by atoms with E-state index in [0.717, 1.165) is 16.7 Å². The lowest BCUT2D eigenvalue weighted by molar-refractivity contribution is -0.138. The van der Waals surface area contributed by atoms with E-state index in [0.29, 0.717) is 48.0 Å². The summed E-state index contributed by atoms with van der Waals surface area (Å²) < 4.78 is 11.3. The van der Waals surface area contributed by atoms with Crippen molar-refractivity contribution in [2.75, 3.05) is 20.1 Å². The molecule has 0 saturated carbocycles. The number of nitrogens with zero attached hydrogens (tertiary/aromatic N) is 5. The largest absolute Gasteiger partial charge is 0.490 e. The minimum atomic E-state index is -0.130. The number of nitriles is 1. The summed E-state index contributed by atoms with van der Waals surface area (Å²) in [5.41, 5.74) is 4.00. The normalized spacial score (nSPS) is 18.1. The van der Waals surface area contributed by atoms with Gasteiger partial charge in [0.05, 0.1) is 17.7 Å². The van der Waals surface area contributed by atoms with Crippen LogP contribution < -0.4 is 4.74 Å². The summed E-state index contributed by atoms with van der Waals surface area (Å²) >= 11 is 0. The molecule has 1 aromatic heterocycles. The van der Waals surface area contributed by atoms with E-state index in [2.05, 4.69) is 16.2 Å². The fraction of sp³-hybridized carbons (Fsp3) is 0.393. The first-order chi connectivity index (χ1) is 17.8. The number of hydrogen-bond donors (Lipinski definition) is 0. The van der Waals surface area contributed by atoms with Gasteiger partial charge in [-0.25, -0.2) is 0 Å². The molecule has 2 heterocycles. The maximum Gasteiger partial charge on any atom is 0.258 e. The number of carbonyl (C=O) groups excluding carboxylic acids is 2. The second kappa shape index (κ2) is 9.69.